The summed E-state index contributed by atoms with van der Waals surface area (Å²) in [6, 6.07) is 0. The quantitative estimate of drug-likeness (QED) is 0.672. The van der Waals surface area contributed by atoms with Gasteiger partial charge in [-0.05, 0) is 18.9 Å². The van der Waals surface area contributed by atoms with Crippen molar-refractivity contribution in [2.75, 3.05) is 0 Å². The molecule has 0 bridgehead atoms. The Hall–Kier alpha value is -1.29. The zero-order chi connectivity index (χ0) is 11.0. The molecule has 0 fully saturated rings. The summed E-state index contributed by atoms with van der Waals surface area (Å²) in [7, 11) is 0. The van der Waals surface area contributed by atoms with Crippen LogP contribution in [0.3, 0.4) is 0 Å². The van der Waals surface area contributed by atoms with Crippen molar-refractivity contribution in [1.29, 1.82) is 0 Å². The van der Waals surface area contributed by atoms with Gasteiger partial charge in [0.25, 0.3) is 0 Å². The molecule has 14 heavy (non-hydrogen) atoms. The van der Waals surface area contributed by atoms with Gasteiger partial charge in [-0.3, -0.25) is 0 Å². The first-order valence-electron chi connectivity index (χ1n) is 3.60. The molecule has 0 aromatic carbocycles. The van der Waals surface area contributed by atoms with Crippen LogP contribution in [0, 0.1) is 12.4 Å². The summed E-state index contributed by atoms with van der Waals surface area (Å²) in [5, 5.41) is 17.6. The highest BCUT2D eigenvalue weighted by Gasteiger charge is 1.96. The van der Waals surface area contributed by atoms with E-state index in [1.165, 1.54) is 6.92 Å². The van der Waals surface area contributed by atoms with E-state index in [1.54, 1.807) is 6.92 Å². The zero-order valence-corrected chi connectivity index (χ0v) is 9.13. The van der Waals surface area contributed by atoms with Crippen molar-refractivity contribution >= 4 is 11.9 Å². The Kier molecular flexibility index (Phi) is 12.9. The lowest BCUT2D eigenvalue weighted by Crippen LogP contribution is -2.22. The number of rotatable bonds is 3. The molecule has 4 nitrogen and oxygen atoms in total. The van der Waals surface area contributed by atoms with Gasteiger partial charge in [0.05, 0.1) is 18.4 Å². The van der Waals surface area contributed by atoms with E-state index in [2.05, 4.69) is 13.2 Å². The summed E-state index contributed by atoms with van der Waals surface area (Å²) in [6.07, 6.45) is 0.523. The predicted octanol–water partition coefficient (Wildman–Crippen LogP) is -0.186. The van der Waals surface area contributed by atoms with Crippen LogP contribution in [0.1, 0.15) is 20.3 Å². The SMILES string of the molecule is C=C(C)C(=O)[O-].C=C(CC)C(=O)O.[ClH2+]. The maximum atomic E-state index is 9.83. The van der Waals surface area contributed by atoms with Crippen molar-refractivity contribution in [3.63, 3.8) is 0 Å². The van der Waals surface area contributed by atoms with Gasteiger partial charge in [-0.25, -0.2) is 4.79 Å². The molecule has 0 aliphatic carbocycles. The molecule has 82 valence electrons. The molecule has 0 heterocycles. The molecule has 0 atom stereocenters. The van der Waals surface area contributed by atoms with Crippen molar-refractivity contribution in [3.05, 3.63) is 24.3 Å². The summed E-state index contributed by atoms with van der Waals surface area (Å²) in [5.41, 5.74) is 0.329. The normalized spacial score (nSPS) is 7.29. The Morgan fingerprint density at radius 1 is 1.36 bits per heavy atom. The topological polar surface area (TPSA) is 77.4 Å². The van der Waals surface area contributed by atoms with E-state index in [-0.39, 0.29) is 23.6 Å². The van der Waals surface area contributed by atoms with Gasteiger partial charge >= 0.3 is 5.97 Å². The first kappa shape index (κ1) is 18.5. The Bertz CT molecular complexity index is 221. The van der Waals surface area contributed by atoms with E-state index in [1.807, 2.05) is 0 Å². The molecule has 0 saturated heterocycles. The number of carboxylic acid groups (broad SMARTS) is 2. The van der Waals surface area contributed by atoms with Crippen LogP contribution in [0.15, 0.2) is 24.3 Å². The third-order valence-electron chi connectivity index (χ3n) is 1.08. The minimum atomic E-state index is -1.19. The summed E-state index contributed by atoms with van der Waals surface area (Å²) in [6.45, 7) is 9.51. The minimum Gasteiger partial charge on any atom is -0.545 e. The smallest absolute Gasteiger partial charge is 0.330 e. The second-order valence-electron chi connectivity index (χ2n) is 2.33. The molecule has 0 spiro atoms. The van der Waals surface area contributed by atoms with Crippen LogP contribution in [0.4, 0.5) is 0 Å². The van der Waals surface area contributed by atoms with E-state index in [0.717, 1.165) is 0 Å². The van der Waals surface area contributed by atoms with Crippen molar-refractivity contribution in [1.82, 2.24) is 0 Å². The third-order valence-corrected chi connectivity index (χ3v) is 1.08. The largest absolute Gasteiger partial charge is 0.545 e. The number of halogens is 1. The van der Waals surface area contributed by atoms with E-state index in [9.17, 15) is 14.7 Å². The van der Waals surface area contributed by atoms with Gasteiger partial charge in [-0.2, -0.15) is 0 Å². The second kappa shape index (κ2) is 9.80. The first-order chi connectivity index (χ1) is 5.82. The number of hydrogen-bond donors (Lipinski definition) is 1. The monoisotopic (exact) mass is 222 g/mol. The molecular formula is C9H15ClO4. The number of hydrogen-bond acceptors (Lipinski definition) is 3. The van der Waals surface area contributed by atoms with Gasteiger partial charge < -0.3 is 15.0 Å². The van der Waals surface area contributed by atoms with Crippen LogP contribution < -0.4 is 5.11 Å². The van der Waals surface area contributed by atoms with Gasteiger partial charge in [0.1, 0.15) is 0 Å². The van der Waals surface area contributed by atoms with Gasteiger partial charge in [-0.15, -0.1) is 0 Å². The molecule has 5 heteroatoms. The van der Waals surface area contributed by atoms with Gasteiger partial charge in [0.2, 0.25) is 0 Å². The highest BCUT2D eigenvalue weighted by molar-refractivity contribution is 5.85. The predicted molar refractivity (Wildman–Crippen MR) is 49.7 cm³/mol. The lowest BCUT2D eigenvalue weighted by molar-refractivity contribution is -0.299. The molecule has 0 aromatic heterocycles. The molecule has 0 aliphatic heterocycles. The summed E-state index contributed by atoms with van der Waals surface area (Å²) in [5.74, 6) is -2.09. The Morgan fingerprint density at radius 3 is 1.64 bits per heavy atom. The van der Waals surface area contributed by atoms with Crippen LogP contribution in [0.5, 0.6) is 0 Å². The average Bonchev–Trinajstić information content (AvgIpc) is 2.03. The molecule has 0 radical (unpaired) electrons. The molecule has 0 saturated carbocycles. The van der Waals surface area contributed by atoms with Gasteiger partial charge in [0, 0.05) is 5.57 Å². The fourth-order valence-electron chi connectivity index (χ4n) is 0.151. The average molecular weight is 223 g/mol. The maximum absolute atomic E-state index is 9.83. The molecule has 1 N–H and O–H groups in total. The van der Waals surface area contributed by atoms with Crippen molar-refractivity contribution < 1.29 is 32.2 Å². The number of carboxylic acids is 2. The maximum Gasteiger partial charge on any atom is 0.330 e. The lowest BCUT2D eigenvalue weighted by atomic mass is 10.2. The molecule has 0 unspecified atom stereocenters. The molecule has 0 amide bonds. The summed E-state index contributed by atoms with van der Waals surface area (Å²) in [4.78, 5) is 19.3. The zero-order valence-electron chi connectivity index (χ0n) is 8.24. The van der Waals surface area contributed by atoms with Crippen LogP contribution in [0.25, 0.3) is 0 Å². The Labute approximate surface area is 89.4 Å². The van der Waals surface area contributed by atoms with E-state index >= 15 is 0 Å². The Balaban J connectivity index is -0.000000163. The van der Waals surface area contributed by atoms with Crippen LogP contribution >= 0.6 is 0 Å². The lowest BCUT2D eigenvalue weighted by Gasteiger charge is -1.93. The Morgan fingerprint density at radius 2 is 1.64 bits per heavy atom. The summed E-state index contributed by atoms with van der Waals surface area (Å²) < 4.78 is 0. The van der Waals surface area contributed by atoms with Crippen LogP contribution in [-0.2, 0) is 9.59 Å². The van der Waals surface area contributed by atoms with Crippen LogP contribution in [0.2, 0.25) is 0 Å². The van der Waals surface area contributed by atoms with E-state index in [0.29, 0.717) is 6.42 Å². The number of aliphatic carboxylic acids is 2. The first-order valence-corrected chi connectivity index (χ1v) is 3.60. The fourth-order valence-corrected chi connectivity index (χ4v) is 0.151. The second-order valence-corrected chi connectivity index (χ2v) is 2.33. The summed E-state index contributed by atoms with van der Waals surface area (Å²) >= 11 is 0. The third kappa shape index (κ3) is 13.3. The molecule has 0 rings (SSSR count). The minimum absolute atomic E-state index is 0. The standard InChI is InChI=1S/C5H8O2.C4H6O2.ClH2/c1-3-4(2)5(6)7;1-3(2)4(5)6;/h2-3H2,1H3,(H,6,7);1H2,2H3,(H,5,6);1H2/q;;+1/p-1. The number of carbonyl (C=O) groups is 2. The van der Waals surface area contributed by atoms with Crippen LogP contribution in [-0.4, -0.2) is 17.0 Å². The highest BCUT2D eigenvalue weighted by atomic mass is 35.5. The van der Waals surface area contributed by atoms with Crippen molar-refractivity contribution in [2.24, 2.45) is 0 Å². The highest BCUT2D eigenvalue weighted by Crippen LogP contribution is 1.93. The molecular weight excluding hydrogens is 208 g/mol. The van der Waals surface area contributed by atoms with Gasteiger partial charge in [-0.1, -0.05) is 20.1 Å². The molecule has 0 aliphatic rings. The van der Waals surface area contributed by atoms with Crippen molar-refractivity contribution in [2.45, 2.75) is 20.3 Å². The van der Waals surface area contributed by atoms with Crippen molar-refractivity contribution in [3.8, 4) is 0 Å². The molecule has 0 aromatic rings. The van der Waals surface area contributed by atoms with E-state index in [4.69, 9.17) is 5.11 Å². The number of carbonyl (C=O) groups excluding carboxylic acids is 1. The van der Waals surface area contributed by atoms with E-state index < -0.39 is 11.9 Å². The van der Waals surface area contributed by atoms with Gasteiger partial charge in [0.15, 0.2) is 0 Å². The fraction of sp³-hybridized carbons (Fsp3) is 0.333.